The fourth-order valence-corrected chi connectivity index (χ4v) is 3.29. The smallest absolute Gasteiger partial charge is 0.249 e. The first-order valence-corrected chi connectivity index (χ1v) is 7.60. The van der Waals surface area contributed by atoms with Gasteiger partial charge in [-0.2, -0.15) is 0 Å². The third-order valence-electron chi connectivity index (χ3n) is 4.47. The first-order valence-electron chi connectivity index (χ1n) is 7.60. The van der Waals surface area contributed by atoms with Crippen molar-refractivity contribution >= 4 is 0 Å². The zero-order valence-electron chi connectivity index (χ0n) is 12.2. The van der Waals surface area contributed by atoms with Crippen molar-refractivity contribution in [3.8, 4) is 0 Å². The second-order valence-corrected chi connectivity index (χ2v) is 6.11. The fourth-order valence-electron chi connectivity index (χ4n) is 3.29. The molecule has 1 saturated heterocycles. The molecule has 4 nitrogen and oxygen atoms in total. The molecule has 0 aromatic carbocycles. The number of halogens is 2. The van der Waals surface area contributed by atoms with Gasteiger partial charge in [-0.15, -0.1) is 0 Å². The number of ether oxygens (including phenoxy) is 1. The first-order chi connectivity index (χ1) is 9.82. The average molecular weight is 306 g/mol. The Morgan fingerprint density at radius 1 is 1.29 bits per heavy atom. The van der Waals surface area contributed by atoms with E-state index in [-0.39, 0.29) is 0 Å². The van der Waals surface area contributed by atoms with Gasteiger partial charge in [0.2, 0.25) is 5.85 Å². The van der Waals surface area contributed by atoms with E-state index in [4.69, 9.17) is 0 Å². The highest BCUT2D eigenvalue weighted by atomic mass is 19.2. The molecule has 0 aromatic heterocycles. The van der Waals surface area contributed by atoms with Crippen LogP contribution in [0, 0.1) is 5.92 Å². The van der Waals surface area contributed by atoms with E-state index in [1.54, 1.807) is 0 Å². The Bertz CT molecular complexity index is 392. The van der Waals surface area contributed by atoms with Crippen molar-refractivity contribution < 1.29 is 28.8 Å². The van der Waals surface area contributed by atoms with Gasteiger partial charge < -0.3 is 20.1 Å². The molecule has 2 fully saturated rings. The largest absolute Gasteiger partial charge is 0.392 e. The van der Waals surface area contributed by atoms with Crippen molar-refractivity contribution in [3.05, 3.63) is 12.2 Å². The number of hydrogen-bond donors (Lipinski definition) is 3. The Hall–Kier alpha value is -0.560. The van der Waals surface area contributed by atoms with Gasteiger partial charge in [0, 0.05) is 18.8 Å². The predicted octanol–water partition coefficient (Wildman–Crippen LogP) is 1.98. The van der Waals surface area contributed by atoms with Gasteiger partial charge in [-0.25, -0.2) is 8.78 Å². The van der Waals surface area contributed by atoms with Gasteiger partial charge in [-0.05, 0) is 6.42 Å². The summed E-state index contributed by atoms with van der Waals surface area (Å²) in [6.07, 6.45) is 1.66. The zero-order chi connectivity index (χ0) is 15.7. The van der Waals surface area contributed by atoms with Crippen LogP contribution in [0.2, 0.25) is 0 Å². The number of aliphatic hydroxyl groups excluding tert-OH is 3. The minimum Gasteiger partial charge on any atom is -0.392 e. The highest BCUT2D eigenvalue weighted by molar-refractivity contribution is 5.19. The van der Waals surface area contributed by atoms with Gasteiger partial charge >= 0.3 is 0 Å². The number of fused-ring (bicyclic) bond motifs is 1. The highest BCUT2D eigenvalue weighted by Crippen LogP contribution is 2.57. The van der Waals surface area contributed by atoms with E-state index in [2.05, 4.69) is 11.7 Å². The molecule has 6 atom stereocenters. The lowest BCUT2D eigenvalue weighted by molar-refractivity contribution is -0.218. The summed E-state index contributed by atoms with van der Waals surface area (Å²) < 4.78 is 33.9. The van der Waals surface area contributed by atoms with Crippen molar-refractivity contribution in [1.82, 2.24) is 0 Å². The predicted molar refractivity (Wildman–Crippen MR) is 72.8 cm³/mol. The van der Waals surface area contributed by atoms with Crippen LogP contribution in [0.15, 0.2) is 12.2 Å². The van der Waals surface area contributed by atoms with Crippen LogP contribution in [0.25, 0.3) is 0 Å². The Balaban J connectivity index is 2.02. The molecule has 122 valence electrons. The monoisotopic (exact) mass is 306 g/mol. The van der Waals surface area contributed by atoms with Crippen molar-refractivity contribution in [2.24, 2.45) is 5.92 Å². The standard InChI is InChI=1S/C15H24F2O4/c1-2-3-4-5-10(18)6-7-11-12(19)8-15(17)14(11,16)9-13(20)21-15/h6-7,10-13,18-20H,2-5,8-9H2,1H3/b7-6+/t10?,11-,12+,13?,14-,15-/m1/s1. The summed E-state index contributed by atoms with van der Waals surface area (Å²) in [5.74, 6) is -3.78. The second-order valence-electron chi connectivity index (χ2n) is 6.11. The normalized spacial score (nSPS) is 44.4. The Morgan fingerprint density at radius 3 is 2.67 bits per heavy atom. The van der Waals surface area contributed by atoms with Crippen LogP contribution < -0.4 is 0 Å². The van der Waals surface area contributed by atoms with Gasteiger partial charge in [0.1, 0.15) is 0 Å². The fraction of sp³-hybridized carbons (Fsp3) is 0.867. The Morgan fingerprint density at radius 2 is 2.00 bits per heavy atom. The van der Waals surface area contributed by atoms with E-state index in [1.165, 1.54) is 12.2 Å². The zero-order valence-corrected chi connectivity index (χ0v) is 12.2. The molecule has 2 unspecified atom stereocenters. The highest BCUT2D eigenvalue weighted by Gasteiger charge is 2.71. The summed E-state index contributed by atoms with van der Waals surface area (Å²) >= 11 is 0. The second kappa shape index (κ2) is 6.28. The lowest BCUT2D eigenvalue weighted by Gasteiger charge is -2.27. The first kappa shape index (κ1) is 16.8. The van der Waals surface area contributed by atoms with Crippen LogP contribution in [0.1, 0.15) is 45.4 Å². The molecule has 0 amide bonds. The third kappa shape index (κ3) is 3.13. The molecular formula is C15H24F2O4. The van der Waals surface area contributed by atoms with Gasteiger partial charge in [0.05, 0.1) is 12.2 Å². The van der Waals surface area contributed by atoms with Gasteiger partial charge in [0.15, 0.2) is 12.0 Å². The maximum atomic E-state index is 14.9. The molecule has 1 saturated carbocycles. The summed E-state index contributed by atoms with van der Waals surface area (Å²) in [7, 11) is 0. The molecule has 2 aliphatic rings. The molecule has 1 aliphatic heterocycles. The van der Waals surface area contributed by atoms with E-state index in [1.807, 2.05) is 0 Å². The van der Waals surface area contributed by atoms with E-state index in [0.29, 0.717) is 6.42 Å². The summed E-state index contributed by atoms with van der Waals surface area (Å²) in [6, 6.07) is 0. The number of hydrogen-bond acceptors (Lipinski definition) is 4. The van der Waals surface area contributed by atoms with Gasteiger partial charge in [-0.3, -0.25) is 0 Å². The molecule has 6 heteroatoms. The molecule has 1 heterocycles. The van der Waals surface area contributed by atoms with Crippen LogP contribution in [0.3, 0.4) is 0 Å². The summed E-state index contributed by atoms with van der Waals surface area (Å²) in [4.78, 5) is 0. The summed E-state index contributed by atoms with van der Waals surface area (Å²) in [5.41, 5.74) is -2.45. The maximum absolute atomic E-state index is 14.9. The van der Waals surface area contributed by atoms with Crippen molar-refractivity contribution in [2.75, 3.05) is 0 Å². The quantitative estimate of drug-likeness (QED) is 0.518. The molecule has 0 bridgehead atoms. The van der Waals surface area contributed by atoms with Crippen LogP contribution in [-0.2, 0) is 4.74 Å². The summed E-state index contributed by atoms with van der Waals surface area (Å²) in [5, 5.41) is 29.0. The molecule has 2 rings (SSSR count). The lowest BCUT2D eigenvalue weighted by Crippen LogP contribution is -2.42. The van der Waals surface area contributed by atoms with Crippen molar-refractivity contribution in [2.45, 2.75) is 75.5 Å². The van der Waals surface area contributed by atoms with Crippen LogP contribution in [0.5, 0.6) is 0 Å². The van der Waals surface area contributed by atoms with Crippen LogP contribution in [-0.4, -0.2) is 45.3 Å². The topological polar surface area (TPSA) is 69.9 Å². The molecule has 3 N–H and O–H groups in total. The van der Waals surface area contributed by atoms with Gasteiger partial charge in [0.25, 0.3) is 0 Å². The number of unbranched alkanes of at least 4 members (excludes halogenated alkanes) is 2. The Kier molecular flexibility index (Phi) is 5.03. The minimum atomic E-state index is -2.66. The van der Waals surface area contributed by atoms with Gasteiger partial charge in [-0.1, -0.05) is 38.3 Å². The molecule has 1 aliphatic carbocycles. The molecule has 0 spiro atoms. The van der Waals surface area contributed by atoms with Crippen molar-refractivity contribution in [3.63, 3.8) is 0 Å². The molecule has 0 radical (unpaired) electrons. The number of alkyl halides is 2. The van der Waals surface area contributed by atoms with Crippen LogP contribution in [0.4, 0.5) is 8.78 Å². The average Bonchev–Trinajstić information content (AvgIpc) is 2.69. The van der Waals surface area contributed by atoms with E-state index in [9.17, 15) is 24.1 Å². The molecular weight excluding hydrogens is 282 g/mol. The maximum Gasteiger partial charge on any atom is 0.249 e. The SMILES string of the molecule is CCCCCC(O)/C=C/[C@@H]1[C@@H](O)C[C@@]2(F)OC(O)C[C@@]12F. The summed E-state index contributed by atoms with van der Waals surface area (Å²) in [6.45, 7) is 2.05. The Labute approximate surface area is 123 Å². The van der Waals surface area contributed by atoms with E-state index < -0.39 is 48.8 Å². The molecule has 21 heavy (non-hydrogen) atoms. The van der Waals surface area contributed by atoms with Crippen LogP contribution >= 0.6 is 0 Å². The molecule has 0 aromatic rings. The van der Waals surface area contributed by atoms with Crippen molar-refractivity contribution in [1.29, 1.82) is 0 Å². The van der Waals surface area contributed by atoms with E-state index in [0.717, 1.165) is 19.3 Å². The third-order valence-corrected chi connectivity index (χ3v) is 4.47. The lowest BCUT2D eigenvalue weighted by atomic mass is 9.87. The number of aliphatic hydroxyl groups is 3. The minimum absolute atomic E-state index is 0.512. The van der Waals surface area contributed by atoms with E-state index >= 15 is 0 Å². The number of rotatable bonds is 6.